The third kappa shape index (κ3) is 3.37. The highest BCUT2D eigenvalue weighted by Gasteiger charge is 2.50. The molecule has 130 valence electrons. The van der Waals surface area contributed by atoms with Crippen LogP contribution in [0.5, 0.6) is 0 Å². The van der Waals surface area contributed by atoms with Gasteiger partial charge >= 0.3 is 5.97 Å². The number of aromatic amines is 1. The van der Waals surface area contributed by atoms with E-state index in [1.54, 1.807) is 0 Å². The lowest BCUT2D eigenvalue weighted by Crippen LogP contribution is -2.39. The maximum Gasteiger partial charge on any atom is 0.340 e. The smallest absolute Gasteiger partial charge is 0.340 e. The summed E-state index contributed by atoms with van der Waals surface area (Å²) in [5.74, 6) is -0.743. The van der Waals surface area contributed by atoms with E-state index < -0.39 is 5.97 Å². The number of hydrogen-bond acceptors (Lipinski definition) is 4. The van der Waals surface area contributed by atoms with E-state index in [2.05, 4.69) is 25.8 Å². The number of H-pyrrole nitrogens is 1. The lowest BCUT2D eigenvalue weighted by atomic mass is 9.65. The van der Waals surface area contributed by atoms with Crippen molar-refractivity contribution >= 4 is 11.9 Å². The molecule has 0 spiro atoms. The molecule has 2 aliphatic rings. The summed E-state index contributed by atoms with van der Waals surface area (Å²) in [6.07, 6.45) is 4.41. The number of amides is 1. The van der Waals surface area contributed by atoms with Gasteiger partial charge in [0.25, 0.3) is 5.91 Å². The van der Waals surface area contributed by atoms with E-state index in [1.807, 2.05) is 4.90 Å². The molecular weight excluding hydrogens is 308 g/mol. The normalized spacial score (nSPS) is 27.8. The number of nitrogens with zero attached hydrogens (tertiary/aromatic N) is 1. The number of pyridine rings is 1. The van der Waals surface area contributed by atoms with Crippen molar-refractivity contribution in [3.8, 4) is 0 Å². The van der Waals surface area contributed by atoms with E-state index in [4.69, 9.17) is 4.74 Å². The Morgan fingerprint density at radius 2 is 2.04 bits per heavy atom. The first-order valence-electron chi connectivity index (χ1n) is 8.33. The van der Waals surface area contributed by atoms with Crippen LogP contribution in [0.3, 0.4) is 0 Å². The van der Waals surface area contributed by atoms with Crippen LogP contribution in [0.1, 0.15) is 50.4 Å². The zero-order chi connectivity index (χ0) is 17.5. The van der Waals surface area contributed by atoms with E-state index in [-0.39, 0.29) is 40.5 Å². The summed E-state index contributed by atoms with van der Waals surface area (Å²) in [5, 5.41) is 0. The molecule has 0 radical (unpaired) electrons. The summed E-state index contributed by atoms with van der Waals surface area (Å²) in [6, 6.07) is 2.88. The molecular formula is C18H24N2O4. The second kappa shape index (κ2) is 5.76. The van der Waals surface area contributed by atoms with Gasteiger partial charge < -0.3 is 14.6 Å². The Morgan fingerprint density at radius 3 is 2.71 bits per heavy atom. The Morgan fingerprint density at radius 1 is 1.29 bits per heavy atom. The van der Waals surface area contributed by atoms with Crippen molar-refractivity contribution in [1.82, 2.24) is 9.88 Å². The topological polar surface area (TPSA) is 79.5 Å². The van der Waals surface area contributed by atoms with Crippen LogP contribution in [0.15, 0.2) is 23.1 Å². The van der Waals surface area contributed by atoms with Crippen molar-refractivity contribution in [2.75, 3.05) is 13.2 Å². The minimum Gasteiger partial charge on any atom is -0.452 e. The molecule has 0 aromatic carbocycles. The summed E-state index contributed by atoms with van der Waals surface area (Å²) in [4.78, 5) is 39.8. The van der Waals surface area contributed by atoms with Crippen LogP contribution in [0.2, 0.25) is 0 Å². The van der Waals surface area contributed by atoms with E-state index in [0.29, 0.717) is 0 Å². The van der Waals surface area contributed by atoms with Crippen LogP contribution in [0, 0.1) is 10.8 Å². The fourth-order valence-electron chi connectivity index (χ4n) is 4.58. The molecule has 2 bridgehead atoms. The quantitative estimate of drug-likeness (QED) is 0.858. The monoisotopic (exact) mass is 332 g/mol. The number of carbonyl (C=O) groups is 2. The molecule has 1 N–H and O–H groups in total. The molecule has 1 saturated carbocycles. The number of nitrogens with one attached hydrogen (secondary N) is 1. The highest BCUT2D eigenvalue weighted by atomic mass is 16.5. The summed E-state index contributed by atoms with van der Waals surface area (Å²) in [7, 11) is 0. The standard InChI is InChI=1S/C18H24N2O4/c1-17(2)6-13-7-18(3,10-17)11-20(13)15(22)9-24-16(23)12-4-5-14(21)19-8-12/h4-5,8,13H,6-7,9-11H2,1-3H3,(H,19,21). The third-order valence-electron chi connectivity index (χ3n) is 5.08. The van der Waals surface area contributed by atoms with Gasteiger partial charge in [-0.05, 0) is 36.2 Å². The average molecular weight is 332 g/mol. The molecule has 2 unspecified atom stereocenters. The van der Waals surface area contributed by atoms with Gasteiger partial charge in [-0.25, -0.2) is 4.79 Å². The largest absolute Gasteiger partial charge is 0.452 e. The minimum atomic E-state index is -0.603. The fraction of sp³-hybridized carbons (Fsp3) is 0.611. The van der Waals surface area contributed by atoms with Gasteiger partial charge in [-0.15, -0.1) is 0 Å². The Balaban J connectivity index is 1.61. The average Bonchev–Trinajstić information content (AvgIpc) is 2.74. The number of esters is 1. The molecule has 1 aliphatic carbocycles. The third-order valence-corrected chi connectivity index (χ3v) is 5.08. The van der Waals surface area contributed by atoms with Crippen molar-refractivity contribution in [3.63, 3.8) is 0 Å². The van der Waals surface area contributed by atoms with Crippen LogP contribution in [-0.2, 0) is 9.53 Å². The summed E-state index contributed by atoms with van der Waals surface area (Å²) in [6.45, 7) is 7.21. The van der Waals surface area contributed by atoms with Crippen molar-refractivity contribution in [3.05, 3.63) is 34.2 Å². The molecule has 2 atom stereocenters. The predicted octanol–water partition coefficient (Wildman–Crippen LogP) is 1.96. The van der Waals surface area contributed by atoms with Gasteiger partial charge in [0.1, 0.15) is 0 Å². The molecule has 24 heavy (non-hydrogen) atoms. The molecule has 1 aliphatic heterocycles. The molecule has 1 aromatic rings. The van der Waals surface area contributed by atoms with Crippen LogP contribution >= 0.6 is 0 Å². The van der Waals surface area contributed by atoms with Crippen LogP contribution < -0.4 is 5.56 Å². The summed E-state index contributed by atoms with van der Waals surface area (Å²) < 4.78 is 5.12. The maximum absolute atomic E-state index is 12.5. The summed E-state index contributed by atoms with van der Waals surface area (Å²) in [5.41, 5.74) is 0.336. The number of ether oxygens (including phenoxy) is 1. The van der Waals surface area contributed by atoms with E-state index in [1.165, 1.54) is 18.3 Å². The zero-order valence-electron chi connectivity index (χ0n) is 14.4. The molecule has 1 aromatic heterocycles. The van der Waals surface area contributed by atoms with Gasteiger partial charge in [-0.1, -0.05) is 20.8 Å². The van der Waals surface area contributed by atoms with E-state index in [0.717, 1.165) is 25.8 Å². The van der Waals surface area contributed by atoms with Crippen LogP contribution in [0.4, 0.5) is 0 Å². The van der Waals surface area contributed by atoms with Gasteiger partial charge in [0, 0.05) is 24.8 Å². The van der Waals surface area contributed by atoms with Crippen molar-refractivity contribution in [2.45, 2.75) is 46.1 Å². The van der Waals surface area contributed by atoms with Gasteiger partial charge in [-0.3, -0.25) is 9.59 Å². The lowest BCUT2D eigenvalue weighted by Gasteiger charge is -2.39. The van der Waals surface area contributed by atoms with E-state index in [9.17, 15) is 14.4 Å². The Hall–Kier alpha value is -2.11. The molecule has 2 heterocycles. The first-order chi connectivity index (χ1) is 11.2. The molecule has 3 rings (SSSR count). The van der Waals surface area contributed by atoms with Gasteiger partial charge in [-0.2, -0.15) is 0 Å². The van der Waals surface area contributed by atoms with Crippen molar-refractivity contribution in [2.24, 2.45) is 10.8 Å². The Bertz CT molecular complexity index is 703. The fourth-order valence-corrected chi connectivity index (χ4v) is 4.58. The number of aromatic nitrogens is 1. The highest BCUT2D eigenvalue weighted by Crippen LogP contribution is 2.52. The van der Waals surface area contributed by atoms with Gasteiger partial charge in [0.15, 0.2) is 6.61 Å². The Labute approximate surface area is 141 Å². The number of carbonyl (C=O) groups excluding carboxylic acids is 2. The molecule has 6 nitrogen and oxygen atoms in total. The molecule has 6 heteroatoms. The van der Waals surface area contributed by atoms with Crippen molar-refractivity contribution in [1.29, 1.82) is 0 Å². The second-order valence-corrected chi connectivity index (χ2v) is 8.25. The highest BCUT2D eigenvalue weighted by molar-refractivity contribution is 5.91. The maximum atomic E-state index is 12.5. The minimum absolute atomic E-state index is 0.140. The number of hydrogen-bond donors (Lipinski definition) is 1. The number of rotatable bonds is 3. The van der Waals surface area contributed by atoms with Crippen molar-refractivity contribution < 1.29 is 14.3 Å². The first kappa shape index (κ1) is 16.7. The van der Waals surface area contributed by atoms with Gasteiger partial charge in [0.2, 0.25) is 5.56 Å². The number of fused-ring (bicyclic) bond motifs is 2. The van der Waals surface area contributed by atoms with Crippen LogP contribution in [-0.4, -0.2) is 41.0 Å². The molecule has 2 fully saturated rings. The van der Waals surface area contributed by atoms with Crippen LogP contribution in [0.25, 0.3) is 0 Å². The zero-order valence-corrected chi connectivity index (χ0v) is 14.4. The molecule has 1 amide bonds. The van der Waals surface area contributed by atoms with E-state index >= 15 is 0 Å². The number of likely N-dealkylation sites (tertiary alicyclic amines) is 1. The predicted molar refractivity (Wildman–Crippen MR) is 88.6 cm³/mol. The molecule has 1 saturated heterocycles. The SMILES string of the molecule is CC1(C)CC2CC(C)(CN2C(=O)COC(=O)c2ccc(=O)[nH]c2)C1. The first-order valence-corrected chi connectivity index (χ1v) is 8.33. The van der Waals surface area contributed by atoms with Gasteiger partial charge in [0.05, 0.1) is 5.56 Å². The summed E-state index contributed by atoms with van der Waals surface area (Å²) >= 11 is 0. The Kier molecular flexibility index (Phi) is 4.01. The second-order valence-electron chi connectivity index (χ2n) is 8.25. The lowest BCUT2D eigenvalue weighted by molar-refractivity contribution is -0.135.